The van der Waals surface area contributed by atoms with Gasteiger partial charge >= 0.3 is 12.0 Å². The summed E-state index contributed by atoms with van der Waals surface area (Å²) in [6, 6.07) is 5.64. The summed E-state index contributed by atoms with van der Waals surface area (Å²) in [5.74, 6) is -0.947. The lowest BCUT2D eigenvalue weighted by molar-refractivity contribution is -0.133. The van der Waals surface area contributed by atoms with Crippen LogP contribution in [-0.2, 0) is 14.3 Å². The largest absolute Gasteiger partial charge is 0.459 e. The van der Waals surface area contributed by atoms with Crippen molar-refractivity contribution in [3.05, 3.63) is 29.8 Å². The summed E-state index contributed by atoms with van der Waals surface area (Å²) in [7, 11) is 0. The number of anilines is 1. The molecule has 1 heterocycles. The van der Waals surface area contributed by atoms with E-state index in [1.54, 1.807) is 32.9 Å². The predicted molar refractivity (Wildman–Crippen MR) is 108 cm³/mol. The Kier molecular flexibility index (Phi) is 7.00. The van der Waals surface area contributed by atoms with Crippen molar-refractivity contribution in [3.8, 4) is 0 Å². The van der Waals surface area contributed by atoms with Crippen molar-refractivity contribution >= 4 is 29.5 Å². The molecule has 0 spiro atoms. The zero-order chi connectivity index (χ0) is 21.8. The molecular formula is C21H29N3O5. The number of hydrogen-bond donors (Lipinski definition) is 2. The minimum Gasteiger partial charge on any atom is -0.459 e. The van der Waals surface area contributed by atoms with Gasteiger partial charge in [0.15, 0.2) is 0 Å². The first-order valence-corrected chi connectivity index (χ1v) is 9.77. The van der Waals surface area contributed by atoms with Gasteiger partial charge in [-0.2, -0.15) is 0 Å². The number of carbonyl (C=O) groups is 4. The molecule has 0 radical (unpaired) electrons. The number of ether oxygens (including phenoxy) is 1. The van der Waals surface area contributed by atoms with Crippen LogP contribution in [0.3, 0.4) is 0 Å². The van der Waals surface area contributed by atoms with Gasteiger partial charge in [0, 0.05) is 5.69 Å². The van der Waals surface area contributed by atoms with Crippen LogP contribution >= 0.6 is 0 Å². The van der Waals surface area contributed by atoms with Crippen molar-refractivity contribution in [2.24, 2.45) is 5.92 Å². The molecule has 8 nitrogen and oxygen atoms in total. The summed E-state index contributed by atoms with van der Waals surface area (Å²) in [6.45, 7) is 8.92. The third-order valence-electron chi connectivity index (χ3n) is 4.62. The number of hydrogen-bond acceptors (Lipinski definition) is 5. The van der Waals surface area contributed by atoms with Crippen molar-refractivity contribution in [1.29, 1.82) is 0 Å². The first-order chi connectivity index (χ1) is 13.5. The highest BCUT2D eigenvalue weighted by atomic mass is 16.5. The molecule has 0 bridgehead atoms. The number of rotatable bonds is 8. The molecule has 1 aliphatic rings. The standard InChI is InChI=1S/C21H29N3O5/c1-13(2)10-11-21(5)19(27)24(20(28)23-21)12-17(25)22-16-8-6-15(7-9-16)18(26)29-14(3)4/h6-9,13-14H,10-12H2,1-5H3,(H,22,25)(H,23,28)/t21-/m0/s1. The highest BCUT2D eigenvalue weighted by Gasteiger charge is 2.47. The van der Waals surface area contributed by atoms with Crippen molar-refractivity contribution in [3.63, 3.8) is 0 Å². The third kappa shape index (κ3) is 5.79. The number of amides is 4. The fourth-order valence-electron chi connectivity index (χ4n) is 2.95. The SMILES string of the molecule is CC(C)CC[C@]1(C)NC(=O)N(CC(=O)Nc2ccc(C(=O)OC(C)C)cc2)C1=O. The van der Waals surface area contributed by atoms with E-state index < -0.39 is 29.4 Å². The normalized spacial score (nSPS) is 18.9. The fourth-order valence-corrected chi connectivity index (χ4v) is 2.95. The van der Waals surface area contributed by atoms with Gasteiger partial charge in [0.1, 0.15) is 12.1 Å². The second-order valence-electron chi connectivity index (χ2n) is 8.17. The van der Waals surface area contributed by atoms with E-state index in [0.29, 0.717) is 23.6 Å². The second-order valence-corrected chi connectivity index (χ2v) is 8.17. The number of benzene rings is 1. The van der Waals surface area contributed by atoms with Crippen molar-refractivity contribution in [2.75, 3.05) is 11.9 Å². The van der Waals surface area contributed by atoms with E-state index >= 15 is 0 Å². The highest BCUT2D eigenvalue weighted by molar-refractivity contribution is 6.09. The van der Waals surface area contributed by atoms with Crippen LogP contribution in [0.2, 0.25) is 0 Å². The fraction of sp³-hybridized carbons (Fsp3) is 0.524. The number of nitrogens with zero attached hydrogens (tertiary/aromatic N) is 1. The van der Waals surface area contributed by atoms with Crippen molar-refractivity contribution < 1.29 is 23.9 Å². The average Bonchev–Trinajstić information content (AvgIpc) is 2.83. The molecule has 4 amide bonds. The third-order valence-corrected chi connectivity index (χ3v) is 4.62. The molecule has 29 heavy (non-hydrogen) atoms. The van der Waals surface area contributed by atoms with Gasteiger partial charge in [-0.3, -0.25) is 14.5 Å². The average molecular weight is 403 g/mol. The summed E-state index contributed by atoms with van der Waals surface area (Å²) in [5.41, 5.74) is -0.169. The van der Waals surface area contributed by atoms with Gasteiger partial charge < -0.3 is 15.4 Å². The summed E-state index contributed by atoms with van der Waals surface area (Å²) >= 11 is 0. The summed E-state index contributed by atoms with van der Waals surface area (Å²) in [5, 5.41) is 5.33. The minimum absolute atomic E-state index is 0.225. The summed E-state index contributed by atoms with van der Waals surface area (Å²) in [4.78, 5) is 50.0. The van der Waals surface area contributed by atoms with E-state index in [1.165, 1.54) is 12.1 Å². The number of nitrogens with one attached hydrogen (secondary N) is 2. The summed E-state index contributed by atoms with van der Waals surface area (Å²) < 4.78 is 5.11. The number of imide groups is 1. The molecule has 1 saturated heterocycles. The van der Waals surface area contributed by atoms with Crippen molar-refractivity contribution in [2.45, 2.75) is 59.1 Å². The number of carbonyl (C=O) groups excluding carboxylic acids is 4. The molecule has 0 aromatic heterocycles. The molecule has 1 aliphatic heterocycles. The van der Waals surface area contributed by atoms with E-state index in [0.717, 1.165) is 11.3 Å². The molecule has 0 unspecified atom stereocenters. The summed E-state index contributed by atoms with van der Waals surface area (Å²) in [6.07, 6.45) is 1.08. The van der Waals surface area contributed by atoms with Gasteiger partial charge in [-0.1, -0.05) is 13.8 Å². The molecule has 8 heteroatoms. The Morgan fingerprint density at radius 1 is 1.14 bits per heavy atom. The van der Waals surface area contributed by atoms with E-state index in [-0.39, 0.29) is 12.6 Å². The van der Waals surface area contributed by atoms with E-state index in [9.17, 15) is 19.2 Å². The van der Waals surface area contributed by atoms with Gasteiger partial charge in [-0.15, -0.1) is 0 Å². The predicted octanol–water partition coefficient (Wildman–Crippen LogP) is 2.94. The molecule has 2 rings (SSSR count). The Balaban J connectivity index is 1.96. The molecule has 158 valence electrons. The molecule has 2 N–H and O–H groups in total. The van der Waals surface area contributed by atoms with E-state index in [1.807, 2.05) is 13.8 Å². The van der Waals surface area contributed by atoms with Crippen LogP contribution in [0.15, 0.2) is 24.3 Å². The van der Waals surface area contributed by atoms with E-state index in [2.05, 4.69) is 10.6 Å². The topological polar surface area (TPSA) is 105 Å². The van der Waals surface area contributed by atoms with Crippen LogP contribution in [-0.4, -0.2) is 46.9 Å². The molecule has 0 aliphatic carbocycles. The first kappa shape index (κ1) is 22.4. The Bertz CT molecular complexity index is 788. The van der Waals surface area contributed by atoms with Crippen LogP contribution in [0.1, 0.15) is 57.8 Å². The van der Waals surface area contributed by atoms with Crippen molar-refractivity contribution in [1.82, 2.24) is 10.2 Å². The van der Waals surface area contributed by atoms with Crippen LogP contribution in [0, 0.1) is 5.92 Å². The maximum Gasteiger partial charge on any atom is 0.338 e. The lowest BCUT2D eigenvalue weighted by atomic mass is 9.92. The van der Waals surface area contributed by atoms with E-state index in [4.69, 9.17) is 4.74 Å². The van der Waals surface area contributed by atoms with Crippen LogP contribution in [0.25, 0.3) is 0 Å². The van der Waals surface area contributed by atoms with Gasteiger partial charge in [0.25, 0.3) is 5.91 Å². The molecule has 0 saturated carbocycles. The quantitative estimate of drug-likeness (QED) is 0.513. The van der Waals surface area contributed by atoms with Gasteiger partial charge in [-0.25, -0.2) is 9.59 Å². The van der Waals surface area contributed by atoms with Crippen LogP contribution < -0.4 is 10.6 Å². The van der Waals surface area contributed by atoms with Crippen LogP contribution in [0.4, 0.5) is 10.5 Å². The second kappa shape index (κ2) is 9.07. The Morgan fingerprint density at radius 2 is 1.76 bits per heavy atom. The maximum atomic E-state index is 12.7. The van der Waals surface area contributed by atoms with Gasteiger partial charge in [0.05, 0.1) is 11.7 Å². The zero-order valence-corrected chi connectivity index (χ0v) is 17.6. The number of esters is 1. The molecular weight excluding hydrogens is 374 g/mol. The molecule has 1 aromatic rings. The van der Waals surface area contributed by atoms with Gasteiger partial charge in [0.2, 0.25) is 5.91 Å². The zero-order valence-electron chi connectivity index (χ0n) is 17.6. The molecule has 1 atom stereocenters. The smallest absolute Gasteiger partial charge is 0.338 e. The Labute approximate surface area is 171 Å². The minimum atomic E-state index is -0.986. The lowest BCUT2D eigenvalue weighted by Gasteiger charge is -2.22. The van der Waals surface area contributed by atoms with Gasteiger partial charge in [-0.05, 0) is 63.8 Å². The molecule has 1 fully saturated rings. The Hall–Kier alpha value is -2.90. The lowest BCUT2D eigenvalue weighted by Crippen LogP contribution is -2.44. The highest BCUT2D eigenvalue weighted by Crippen LogP contribution is 2.24. The monoisotopic (exact) mass is 403 g/mol. The Morgan fingerprint density at radius 3 is 2.31 bits per heavy atom. The van der Waals surface area contributed by atoms with Crippen LogP contribution in [0.5, 0.6) is 0 Å². The first-order valence-electron chi connectivity index (χ1n) is 9.77. The number of urea groups is 1. The molecule has 1 aromatic carbocycles. The maximum absolute atomic E-state index is 12.7.